The Balaban J connectivity index is 1.51. The highest BCUT2D eigenvalue weighted by atomic mass is 79.9. The lowest BCUT2D eigenvalue weighted by Gasteiger charge is -2.28. The molecule has 1 fully saturated rings. The Labute approximate surface area is 141 Å². The van der Waals surface area contributed by atoms with Crippen molar-refractivity contribution in [3.63, 3.8) is 0 Å². The summed E-state index contributed by atoms with van der Waals surface area (Å²) in [6, 6.07) is 7.73. The fourth-order valence-corrected chi connectivity index (χ4v) is 3.00. The second-order valence-electron chi connectivity index (χ2n) is 6.17. The lowest BCUT2D eigenvalue weighted by molar-refractivity contribution is -0.909. The Hall–Kier alpha value is -0.620. The van der Waals surface area contributed by atoms with Gasteiger partial charge in [0, 0.05) is 4.47 Å². The number of benzene rings is 1. The summed E-state index contributed by atoms with van der Waals surface area (Å²) in [5, 5.41) is 10.0. The molecule has 1 aromatic rings. The molecule has 0 unspecified atom stereocenters. The van der Waals surface area contributed by atoms with Crippen LogP contribution in [0.5, 0.6) is 5.75 Å². The zero-order valence-electron chi connectivity index (χ0n) is 13.3. The molecule has 1 aromatic carbocycles. The van der Waals surface area contributed by atoms with Crippen molar-refractivity contribution in [3.8, 4) is 5.75 Å². The Bertz CT molecular complexity index is 418. The second-order valence-corrected chi connectivity index (χ2v) is 7.08. The number of aliphatic hydroxyl groups excluding tert-OH is 1. The molecular formula is C17H27BrNO3+. The maximum Gasteiger partial charge on any atom is 0.126 e. The van der Waals surface area contributed by atoms with E-state index in [1.54, 1.807) is 0 Å². The first kappa shape index (κ1) is 17.7. The molecule has 2 N–H and O–H groups in total. The largest absolute Gasteiger partial charge is 0.491 e. The summed E-state index contributed by atoms with van der Waals surface area (Å²) in [5.74, 6) is 1.67. The molecule has 0 amide bonds. The minimum absolute atomic E-state index is 0.379. The SMILES string of the molecule is CC1CC[NH+](C[C@@H](O)COCCOc2ccc(Br)cc2)CC1. The van der Waals surface area contributed by atoms with Crippen LogP contribution >= 0.6 is 15.9 Å². The topological polar surface area (TPSA) is 43.1 Å². The summed E-state index contributed by atoms with van der Waals surface area (Å²) >= 11 is 3.39. The van der Waals surface area contributed by atoms with Gasteiger partial charge in [-0.25, -0.2) is 0 Å². The number of piperidine rings is 1. The van der Waals surface area contributed by atoms with Crippen molar-refractivity contribution in [2.45, 2.75) is 25.9 Å². The quantitative estimate of drug-likeness (QED) is 0.680. The van der Waals surface area contributed by atoms with E-state index in [2.05, 4.69) is 22.9 Å². The van der Waals surface area contributed by atoms with Gasteiger partial charge in [-0.05, 0) is 43.0 Å². The number of rotatable bonds is 8. The highest BCUT2D eigenvalue weighted by molar-refractivity contribution is 9.10. The standard InChI is InChI=1S/C17H26BrNO3/c1-14-6-8-19(9-7-14)12-16(20)13-21-10-11-22-17-4-2-15(18)3-5-17/h2-5,14,16,20H,6-13H2,1H3/p+1/t16-/m1/s1. The highest BCUT2D eigenvalue weighted by Gasteiger charge is 2.21. The van der Waals surface area contributed by atoms with E-state index >= 15 is 0 Å². The summed E-state index contributed by atoms with van der Waals surface area (Å²) in [6.07, 6.45) is 2.16. The third kappa shape index (κ3) is 6.65. The van der Waals surface area contributed by atoms with Crippen molar-refractivity contribution in [3.05, 3.63) is 28.7 Å². The molecule has 1 saturated heterocycles. The van der Waals surface area contributed by atoms with Crippen LogP contribution in [0.2, 0.25) is 0 Å². The molecule has 0 aromatic heterocycles. The Morgan fingerprint density at radius 1 is 1.23 bits per heavy atom. The molecule has 0 radical (unpaired) electrons. The van der Waals surface area contributed by atoms with Crippen molar-refractivity contribution in [1.82, 2.24) is 0 Å². The van der Waals surface area contributed by atoms with Gasteiger partial charge in [-0.3, -0.25) is 0 Å². The molecule has 1 aliphatic heterocycles. The van der Waals surface area contributed by atoms with Crippen molar-refractivity contribution in [2.24, 2.45) is 5.92 Å². The van der Waals surface area contributed by atoms with Gasteiger partial charge in [-0.1, -0.05) is 22.9 Å². The van der Waals surface area contributed by atoms with Crippen LogP contribution in [-0.2, 0) is 4.74 Å². The third-order valence-electron chi connectivity index (χ3n) is 4.13. The Kier molecular flexibility index (Phi) is 7.66. The zero-order chi connectivity index (χ0) is 15.8. The molecule has 1 aliphatic rings. The van der Waals surface area contributed by atoms with Gasteiger partial charge in [0.1, 0.15) is 25.0 Å². The first-order chi connectivity index (χ1) is 10.6. The number of hydrogen-bond acceptors (Lipinski definition) is 3. The molecular weight excluding hydrogens is 346 g/mol. The predicted molar refractivity (Wildman–Crippen MR) is 90.4 cm³/mol. The number of halogens is 1. The van der Waals surface area contributed by atoms with Gasteiger partial charge in [0.15, 0.2) is 0 Å². The van der Waals surface area contributed by atoms with E-state index in [1.165, 1.54) is 30.8 Å². The molecule has 0 spiro atoms. The van der Waals surface area contributed by atoms with Crippen LogP contribution in [0.3, 0.4) is 0 Å². The monoisotopic (exact) mass is 372 g/mol. The average Bonchev–Trinajstić information content (AvgIpc) is 2.51. The first-order valence-electron chi connectivity index (χ1n) is 8.11. The molecule has 1 heterocycles. The molecule has 0 saturated carbocycles. The number of nitrogens with one attached hydrogen (secondary N) is 1. The number of likely N-dealkylation sites (tertiary alicyclic amines) is 1. The molecule has 22 heavy (non-hydrogen) atoms. The summed E-state index contributed by atoms with van der Waals surface area (Å²) in [6.45, 7) is 6.84. The van der Waals surface area contributed by atoms with Crippen LogP contribution in [0, 0.1) is 5.92 Å². The van der Waals surface area contributed by atoms with Crippen molar-refractivity contribution in [2.75, 3.05) is 39.5 Å². The molecule has 4 nitrogen and oxygen atoms in total. The average molecular weight is 373 g/mol. The zero-order valence-corrected chi connectivity index (χ0v) is 14.8. The number of quaternary nitrogens is 1. The van der Waals surface area contributed by atoms with Crippen LogP contribution in [-0.4, -0.2) is 50.7 Å². The van der Waals surface area contributed by atoms with Crippen molar-refractivity contribution >= 4 is 15.9 Å². The first-order valence-corrected chi connectivity index (χ1v) is 8.90. The normalized spacial score (nSPS) is 23.2. The second kappa shape index (κ2) is 9.50. The maximum atomic E-state index is 10.0. The van der Waals surface area contributed by atoms with Gasteiger partial charge in [-0.2, -0.15) is 0 Å². The lowest BCUT2D eigenvalue weighted by Crippen LogP contribution is -3.14. The van der Waals surface area contributed by atoms with E-state index < -0.39 is 0 Å². The van der Waals surface area contributed by atoms with Crippen LogP contribution in [0.4, 0.5) is 0 Å². The fraction of sp³-hybridized carbons (Fsp3) is 0.647. The summed E-state index contributed by atoms with van der Waals surface area (Å²) in [5.41, 5.74) is 0. The van der Waals surface area contributed by atoms with Gasteiger partial charge in [0.2, 0.25) is 0 Å². The van der Waals surface area contributed by atoms with Crippen LogP contribution in [0.25, 0.3) is 0 Å². The predicted octanol–water partition coefficient (Wildman–Crippen LogP) is 1.52. The van der Waals surface area contributed by atoms with Crippen LogP contribution in [0.1, 0.15) is 19.8 Å². The smallest absolute Gasteiger partial charge is 0.126 e. The number of aliphatic hydroxyl groups is 1. The van der Waals surface area contributed by atoms with Crippen molar-refractivity contribution in [1.29, 1.82) is 0 Å². The van der Waals surface area contributed by atoms with Gasteiger partial charge < -0.3 is 19.5 Å². The summed E-state index contributed by atoms with van der Waals surface area (Å²) in [7, 11) is 0. The Morgan fingerprint density at radius 3 is 2.59 bits per heavy atom. The Morgan fingerprint density at radius 2 is 1.91 bits per heavy atom. The number of hydrogen-bond donors (Lipinski definition) is 2. The minimum Gasteiger partial charge on any atom is -0.491 e. The third-order valence-corrected chi connectivity index (χ3v) is 4.65. The van der Waals surface area contributed by atoms with Gasteiger partial charge >= 0.3 is 0 Å². The van der Waals surface area contributed by atoms with Crippen LogP contribution < -0.4 is 9.64 Å². The fourth-order valence-electron chi connectivity index (χ4n) is 2.74. The molecule has 0 bridgehead atoms. The maximum absolute atomic E-state index is 10.0. The van der Waals surface area contributed by atoms with E-state index in [0.29, 0.717) is 19.8 Å². The number of ether oxygens (including phenoxy) is 2. The van der Waals surface area contributed by atoms with Gasteiger partial charge in [0.25, 0.3) is 0 Å². The molecule has 1 atom stereocenters. The molecule has 0 aliphatic carbocycles. The summed E-state index contributed by atoms with van der Waals surface area (Å²) in [4.78, 5) is 1.50. The minimum atomic E-state index is -0.379. The van der Waals surface area contributed by atoms with E-state index in [4.69, 9.17) is 9.47 Å². The lowest BCUT2D eigenvalue weighted by atomic mass is 9.99. The summed E-state index contributed by atoms with van der Waals surface area (Å²) < 4.78 is 12.1. The van der Waals surface area contributed by atoms with Gasteiger partial charge in [-0.15, -0.1) is 0 Å². The van der Waals surface area contributed by atoms with E-state index in [1.807, 2.05) is 24.3 Å². The van der Waals surface area contributed by atoms with E-state index in [9.17, 15) is 5.11 Å². The van der Waals surface area contributed by atoms with E-state index in [0.717, 1.165) is 22.7 Å². The highest BCUT2D eigenvalue weighted by Crippen LogP contribution is 2.15. The molecule has 2 rings (SSSR count). The molecule has 124 valence electrons. The van der Waals surface area contributed by atoms with Gasteiger partial charge in [0.05, 0.1) is 26.3 Å². The molecule has 5 heteroatoms. The van der Waals surface area contributed by atoms with Crippen LogP contribution in [0.15, 0.2) is 28.7 Å². The van der Waals surface area contributed by atoms with E-state index in [-0.39, 0.29) is 6.10 Å². The van der Waals surface area contributed by atoms with Crippen molar-refractivity contribution < 1.29 is 19.5 Å².